The van der Waals surface area contributed by atoms with Crippen molar-refractivity contribution < 1.29 is 9.53 Å². The first kappa shape index (κ1) is 10.4. The molecular formula is C10H17NO2. The van der Waals surface area contributed by atoms with Crippen LogP contribution in [0.25, 0.3) is 0 Å². The summed E-state index contributed by atoms with van der Waals surface area (Å²) in [6, 6.07) is 0. The fourth-order valence-electron chi connectivity index (χ4n) is 1.23. The Hall–Kier alpha value is -0.670. The molecular weight excluding hydrogens is 166 g/mol. The summed E-state index contributed by atoms with van der Waals surface area (Å²) in [6.07, 6.45) is 4.21. The molecule has 1 rings (SSSR count). The highest BCUT2D eigenvalue weighted by Crippen LogP contribution is 1.96. The minimum atomic E-state index is 0.202. The molecule has 74 valence electrons. The topological polar surface area (TPSA) is 29.5 Å². The molecule has 0 aromatic heterocycles. The molecule has 0 N–H and O–H groups in total. The van der Waals surface area contributed by atoms with Crippen molar-refractivity contribution in [2.75, 3.05) is 32.8 Å². The van der Waals surface area contributed by atoms with Crippen LogP contribution in [0.2, 0.25) is 0 Å². The number of nitrogens with zero attached hydrogens (tertiary/aromatic N) is 1. The molecule has 0 unspecified atom stereocenters. The van der Waals surface area contributed by atoms with Crippen LogP contribution < -0.4 is 0 Å². The van der Waals surface area contributed by atoms with Gasteiger partial charge in [0.25, 0.3) is 0 Å². The van der Waals surface area contributed by atoms with Crippen molar-refractivity contribution in [2.24, 2.45) is 0 Å². The van der Waals surface area contributed by atoms with Crippen LogP contribution in [0.3, 0.4) is 0 Å². The van der Waals surface area contributed by atoms with Crippen molar-refractivity contribution in [3.05, 3.63) is 12.2 Å². The van der Waals surface area contributed by atoms with Gasteiger partial charge in [0, 0.05) is 26.1 Å². The van der Waals surface area contributed by atoms with E-state index in [-0.39, 0.29) is 5.78 Å². The van der Waals surface area contributed by atoms with Crippen molar-refractivity contribution in [1.82, 2.24) is 4.90 Å². The van der Waals surface area contributed by atoms with E-state index < -0.39 is 0 Å². The van der Waals surface area contributed by atoms with Crippen molar-refractivity contribution in [3.63, 3.8) is 0 Å². The third-order valence-corrected chi connectivity index (χ3v) is 2.12. The number of rotatable bonds is 4. The lowest BCUT2D eigenvalue weighted by Gasteiger charge is -2.24. The second-order valence-electron chi connectivity index (χ2n) is 3.14. The van der Waals surface area contributed by atoms with Crippen molar-refractivity contribution in [1.29, 1.82) is 0 Å². The maximum atomic E-state index is 10.9. The molecule has 0 aliphatic carbocycles. The maximum absolute atomic E-state index is 10.9. The summed E-state index contributed by atoms with van der Waals surface area (Å²) < 4.78 is 5.22. The molecule has 0 spiro atoms. The summed E-state index contributed by atoms with van der Waals surface area (Å²) in [5, 5.41) is 0. The normalized spacial score (nSPS) is 19.5. The van der Waals surface area contributed by atoms with Crippen molar-refractivity contribution >= 4 is 5.78 Å². The van der Waals surface area contributed by atoms with Crippen LogP contribution in [0.5, 0.6) is 0 Å². The van der Waals surface area contributed by atoms with E-state index in [4.69, 9.17) is 4.74 Å². The van der Waals surface area contributed by atoms with Gasteiger partial charge in [0.2, 0.25) is 0 Å². The van der Waals surface area contributed by atoms with Gasteiger partial charge >= 0.3 is 0 Å². The molecule has 1 aliphatic rings. The van der Waals surface area contributed by atoms with Crippen LogP contribution in [0.1, 0.15) is 13.3 Å². The van der Waals surface area contributed by atoms with Gasteiger partial charge in [-0.3, -0.25) is 9.69 Å². The second kappa shape index (κ2) is 5.89. The van der Waals surface area contributed by atoms with E-state index in [2.05, 4.69) is 4.90 Å². The van der Waals surface area contributed by atoms with Crippen LogP contribution in [-0.4, -0.2) is 43.5 Å². The van der Waals surface area contributed by atoms with Gasteiger partial charge < -0.3 is 4.74 Å². The second-order valence-corrected chi connectivity index (χ2v) is 3.14. The molecule has 3 nitrogen and oxygen atoms in total. The lowest BCUT2D eigenvalue weighted by atomic mass is 10.3. The molecule has 0 amide bonds. The average molecular weight is 183 g/mol. The average Bonchev–Trinajstić information content (AvgIpc) is 2.19. The Bertz CT molecular complexity index is 183. The summed E-state index contributed by atoms with van der Waals surface area (Å²) in [6.45, 7) is 6.33. The smallest absolute Gasteiger partial charge is 0.155 e. The van der Waals surface area contributed by atoms with Crippen LogP contribution in [-0.2, 0) is 9.53 Å². The van der Waals surface area contributed by atoms with Gasteiger partial charge in [-0.05, 0) is 6.08 Å². The molecule has 1 aliphatic heterocycles. The van der Waals surface area contributed by atoms with Crippen LogP contribution in [0.15, 0.2) is 12.2 Å². The predicted octanol–water partition coefficient (Wildman–Crippen LogP) is 0.854. The predicted molar refractivity (Wildman–Crippen MR) is 51.7 cm³/mol. The van der Waals surface area contributed by atoms with Gasteiger partial charge in [0.05, 0.1) is 13.2 Å². The van der Waals surface area contributed by atoms with E-state index in [1.807, 2.05) is 13.0 Å². The van der Waals surface area contributed by atoms with E-state index in [0.717, 1.165) is 32.8 Å². The summed E-state index contributed by atoms with van der Waals surface area (Å²) in [5.74, 6) is 0.202. The van der Waals surface area contributed by atoms with Crippen molar-refractivity contribution in [2.45, 2.75) is 13.3 Å². The summed E-state index contributed by atoms with van der Waals surface area (Å²) in [7, 11) is 0. The molecule has 0 atom stereocenters. The number of hydrogen-bond acceptors (Lipinski definition) is 3. The molecule has 3 heteroatoms. The first-order valence-corrected chi connectivity index (χ1v) is 4.82. The Balaban J connectivity index is 2.16. The largest absolute Gasteiger partial charge is 0.379 e. The molecule has 0 saturated carbocycles. The number of hydrogen-bond donors (Lipinski definition) is 0. The molecule has 0 radical (unpaired) electrons. The van der Waals surface area contributed by atoms with E-state index in [0.29, 0.717) is 6.42 Å². The molecule has 13 heavy (non-hydrogen) atoms. The van der Waals surface area contributed by atoms with E-state index in [1.54, 1.807) is 6.08 Å². The Labute approximate surface area is 79.4 Å². The first-order chi connectivity index (χ1) is 6.33. The Morgan fingerprint density at radius 1 is 1.46 bits per heavy atom. The Kier molecular flexibility index (Phi) is 4.72. The highest BCUT2D eigenvalue weighted by atomic mass is 16.5. The van der Waals surface area contributed by atoms with E-state index >= 15 is 0 Å². The number of morpholine rings is 1. The monoisotopic (exact) mass is 183 g/mol. The summed E-state index contributed by atoms with van der Waals surface area (Å²) in [5.41, 5.74) is 0. The molecule has 0 bridgehead atoms. The number of ketones is 1. The fourth-order valence-corrected chi connectivity index (χ4v) is 1.23. The van der Waals surface area contributed by atoms with E-state index in [9.17, 15) is 4.79 Å². The van der Waals surface area contributed by atoms with Gasteiger partial charge in [-0.25, -0.2) is 0 Å². The zero-order chi connectivity index (χ0) is 9.52. The SMILES string of the molecule is CCC(=O)/C=C/CN1CCOCC1. The maximum Gasteiger partial charge on any atom is 0.155 e. The van der Waals surface area contributed by atoms with Gasteiger partial charge in [-0.15, -0.1) is 0 Å². The van der Waals surface area contributed by atoms with Gasteiger partial charge in [0.15, 0.2) is 5.78 Å². The fraction of sp³-hybridized carbons (Fsp3) is 0.700. The third-order valence-electron chi connectivity index (χ3n) is 2.12. The minimum absolute atomic E-state index is 0.202. The molecule has 0 aromatic carbocycles. The summed E-state index contributed by atoms with van der Waals surface area (Å²) >= 11 is 0. The highest BCUT2D eigenvalue weighted by Gasteiger charge is 2.07. The number of carbonyl (C=O) groups excluding carboxylic acids is 1. The third kappa shape index (κ3) is 4.20. The molecule has 1 heterocycles. The Morgan fingerprint density at radius 2 is 2.15 bits per heavy atom. The first-order valence-electron chi connectivity index (χ1n) is 4.82. The zero-order valence-corrected chi connectivity index (χ0v) is 8.16. The quantitative estimate of drug-likeness (QED) is 0.605. The van der Waals surface area contributed by atoms with E-state index in [1.165, 1.54) is 0 Å². The van der Waals surface area contributed by atoms with Gasteiger partial charge in [-0.1, -0.05) is 13.0 Å². The van der Waals surface area contributed by atoms with Crippen LogP contribution in [0, 0.1) is 0 Å². The molecule has 1 saturated heterocycles. The minimum Gasteiger partial charge on any atom is -0.379 e. The zero-order valence-electron chi connectivity index (χ0n) is 8.16. The number of allylic oxidation sites excluding steroid dienone is 1. The Morgan fingerprint density at radius 3 is 2.77 bits per heavy atom. The lowest BCUT2D eigenvalue weighted by Crippen LogP contribution is -2.36. The summed E-state index contributed by atoms with van der Waals surface area (Å²) in [4.78, 5) is 13.2. The lowest BCUT2D eigenvalue weighted by molar-refractivity contribution is -0.114. The van der Waals surface area contributed by atoms with Crippen molar-refractivity contribution in [3.8, 4) is 0 Å². The number of ether oxygens (including phenoxy) is 1. The van der Waals surface area contributed by atoms with Gasteiger partial charge in [0.1, 0.15) is 0 Å². The highest BCUT2D eigenvalue weighted by molar-refractivity contribution is 5.89. The molecule has 0 aromatic rings. The van der Waals surface area contributed by atoms with Crippen LogP contribution >= 0.6 is 0 Å². The van der Waals surface area contributed by atoms with Gasteiger partial charge in [-0.2, -0.15) is 0 Å². The van der Waals surface area contributed by atoms with Crippen LogP contribution in [0.4, 0.5) is 0 Å². The number of carbonyl (C=O) groups is 1. The standard InChI is InChI=1S/C10H17NO2/c1-2-10(12)4-3-5-11-6-8-13-9-7-11/h3-4H,2,5-9H2,1H3/b4-3+. The molecule has 1 fully saturated rings.